The van der Waals surface area contributed by atoms with E-state index in [0.717, 1.165) is 30.5 Å². The second kappa shape index (κ2) is 7.62. The second-order valence-corrected chi connectivity index (χ2v) is 7.86. The number of amides is 1. The first-order valence-electron chi connectivity index (χ1n) is 9.49. The minimum absolute atomic E-state index is 0.0265. The first-order chi connectivity index (χ1) is 12.4. The molecule has 3 rings (SSSR count). The average Bonchev–Trinajstić information content (AvgIpc) is 2.61. The molecule has 0 N–H and O–H groups in total. The molecular weight excluding hydrogens is 326 g/mol. The molecule has 1 saturated heterocycles. The number of pyridine rings is 1. The van der Waals surface area contributed by atoms with Crippen molar-refractivity contribution in [1.29, 1.82) is 0 Å². The maximum absolute atomic E-state index is 13.2. The van der Waals surface area contributed by atoms with Crippen LogP contribution in [0.4, 0.5) is 0 Å². The van der Waals surface area contributed by atoms with Crippen molar-refractivity contribution in [3.05, 3.63) is 45.9 Å². The van der Waals surface area contributed by atoms with E-state index in [1.54, 1.807) is 4.57 Å². The SMILES string of the molecule is Cc1ccc2cc(C(=O)N3CCN(C)CC3)n(CCC(C)C)c(=O)c2c1. The first kappa shape index (κ1) is 18.6. The van der Waals surface area contributed by atoms with Gasteiger partial charge in [0.1, 0.15) is 5.69 Å². The molecule has 1 aromatic carbocycles. The van der Waals surface area contributed by atoms with Gasteiger partial charge >= 0.3 is 0 Å². The highest BCUT2D eigenvalue weighted by atomic mass is 16.2. The number of fused-ring (bicyclic) bond motifs is 1. The predicted molar refractivity (Wildman–Crippen MR) is 106 cm³/mol. The monoisotopic (exact) mass is 355 g/mol. The van der Waals surface area contributed by atoms with Gasteiger partial charge in [-0.25, -0.2) is 0 Å². The van der Waals surface area contributed by atoms with E-state index in [9.17, 15) is 9.59 Å². The van der Waals surface area contributed by atoms with E-state index in [-0.39, 0.29) is 11.5 Å². The van der Waals surface area contributed by atoms with Crippen LogP contribution in [0.25, 0.3) is 10.8 Å². The van der Waals surface area contributed by atoms with Gasteiger partial charge in [0, 0.05) is 38.1 Å². The Hall–Kier alpha value is -2.14. The maximum atomic E-state index is 13.2. The Kier molecular flexibility index (Phi) is 5.47. The van der Waals surface area contributed by atoms with Crippen LogP contribution in [0, 0.1) is 12.8 Å². The fraction of sp³-hybridized carbons (Fsp3) is 0.524. The van der Waals surface area contributed by atoms with Crippen LogP contribution >= 0.6 is 0 Å². The molecule has 0 radical (unpaired) electrons. The average molecular weight is 355 g/mol. The Morgan fingerprint density at radius 1 is 1.12 bits per heavy atom. The van der Waals surface area contributed by atoms with Crippen molar-refractivity contribution in [2.75, 3.05) is 33.2 Å². The third-order valence-corrected chi connectivity index (χ3v) is 5.21. The second-order valence-electron chi connectivity index (χ2n) is 7.86. The third kappa shape index (κ3) is 3.83. The number of nitrogens with zero attached hydrogens (tertiary/aromatic N) is 3. The van der Waals surface area contributed by atoms with E-state index in [1.165, 1.54) is 0 Å². The molecule has 0 atom stereocenters. The molecule has 0 saturated carbocycles. The lowest BCUT2D eigenvalue weighted by atomic mass is 10.1. The number of hydrogen-bond donors (Lipinski definition) is 0. The highest BCUT2D eigenvalue weighted by Gasteiger charge is 2.24. The van der Waals surface area contributed by atoms with Gasteiger partial charge in [0.05, 0.1) is 0 Å². The zero-order chi connectivity index (χ0) is 18.8. The van der Waals surface area contributed by atoms with Crippen molar-refractivity contribution >= 4 is 16.7 Å². The normalized spacial score (nSPS) is 15.8. The molecule has 1 amide bonds. The number of benzene rings is 1. The van der Waals surface area contributed by atoms with E-state index >= 15 is 0 Å². The quantitative estimate of drug-likeness (QED) is 0.847. The summed E-state index contributed by atoms with van der Waals surface area (Å²) in [5.41, 5.74) is 1.53. The smallest absolute Gasteiger partial charge is 0.270 e. The summed E-state index contributed by atoms with van der Waals surface area (Å²) in [6, 6.07) is 7.76. The molecule has 5 nitrogen and oxygen atoms in total. The largest absolute Gasteiger partial charge is 0.335 e. The van der Waals surface area contributed by atoms with Gasteiger partial charge in [-0.15, -0.1) is 0 Å². The topological polar surface area (TPSA) is 45.6 Å². The number of likely N-dealkylation sites (N-methyl/N-ethyl adjacent to an activating group) is 1. The number of carbonyl (C=O) groups excluding carboxylic acids is 1. The summed E-state index contributed by atoms with van der Waals surface area (Å²) >= 11 is 0. The molecule has 0 unspecified atom stereocenters. The fourth-order valence-electron chi connectivity index (χ4n) is 3.42. The lowest BCUT2D eigenvalue weighted by molar-refractivity contribution is 0.0651. The number of carbonyl (C=O) groups is 1. The molecule has 0 spiro atoms. The fourth-order valence-corrected chi connectivity index (χ4v) is 3.42. The lowest BCUT2D eigenvalue weighted by Gasteiger charge is -2.33. The van der Waals surface area contributed by atoms with E-state index in [0.29, 0.717) is 36.6 Å². The zero-order valence-corrected chi connectivity index (χ0v) is 16.3. The summed E-state index contributed by atoms with van der Waals surface area (Å²) in [4.78, 5) is 30.4. The predicted octanol–water partition coefficient (Wildman–Crippen LogP) is 2.74. The summed E-state index contributed by atoms with van der Waals surface area (Å²) in [5, 5.41) is 1.54. The van der Waals surface area contributed by atoms with Crippen molar-refractivity contribution in [2.24, 2.45) is 5.92 Å². The van der Waals surface area contributed by atoms with Gasteiger partial charge in [-0.05, 0) is 43.8 Å². The number of rotatable bonds is 4. The van der Waals surface area contributed by atoms with Gasteiger partial charge in [0.2, 0.25) is 0 Å². The van der Waals surface area contributed by atoms with Crippen molar-refractivity contribution in [3.8, 4) is 0 Å². The van der Waals surface area contributed by atoms with Gasteiger partial charge in [-0.2, -0.15) is 0 Å². The summed E-state index contributed by atoms with van der Waals surface area (Å²) in [6.45, 7) is 10.00. The molecular formula is C21H29N3O2. The highest BCUT2D eigenvalue weighted by molar-refractivity contribution is 5.97. The summed E-state index contributed by atoms with van der Waals surface area (Å²) in [5.74, 6) is 0.447. The molecule has 2 heterocycles. The van der Waals surface area contributed by atoms with Crippen LogP contribution in [0.1, 0.15) is 36.3 Å². The molecule has 1 aliphatic rings. The van der Waals surface area contributed by atoms with Crippen LogP contribution in [-0.2, 0) is 6.54 Å². The molecule has 1 fully saturated rings. The summed E-state index contributed by atoms with van der Waals surface area (Å²) in [6.07, 6.45) is 0.875. The Balaban J connectivity index is 2.06. The van der Waals surface area contributed by atoms with Gasteiger partial charge < -0.3 is 14.4 Å². The zero-order valence-electron chi connectivity index (χ0n) is 16.3. The number of piperazine rings is 1. The summed E-state index contributed by atoms with van der Waals surface area (Å²) < 4.78 is 1.70. The standard InChI is InChI=1S/C21H29N3O2/c1-15(2)7-8-24-19(21(26)23-11-9-22(4)10-12-23)14-17-6-5-16(3)13-18(17)20(24)25/h5-6,13-15H,7-12H2,1-4H3. The van der Waals surface area contributed by atoms with Crippen molar-refractivity contribution in [2.45, 2.75) is 33.7 Å². The first-order valence-corrected chi connectivity index (χ1v) is 9.49. The van der Waals surface area contributed by atoms with Crippen LogP contribution in [0.3, 0.4) is 0 Å². The molecule has 0 bridgehead atoms. The van der Waals surface area contributed by atoms with E-state index < -0.39 is 0 Å². The van der Waals surface area contributed by atoms with Gasteiger partial charge in [0.25, 0.3) is 11.5 Å². The van der Waals surface area contributed by atoms with Crippen LogP contribution in [-0.4, -0.2) is 53.5 Å². The van der Waals surface area contributed by atoms with Gasteiger partial charge in [0.15, 0.2) is 0 Å². The third-order valence-electron chi connectivity index (χ3n) is 5.21. The molecule has 1 aliphatic heterocycles. The molecule has 26 heavy (non-hydrogen) atoms. The number of aryl methyl sites for hydroxylation is 1. The Morgan fingerprint density at radius 3 is 2.46 bits per heavy atom. The molecule has 2 aromatic rings. The Morgan fingerprint density at radius 2 is 1.81 bits per heavy atom. The van der Waals surface area contributed by atoms with Crippen LogP contribution < -0.4 is 5.56 Å². The van der Waals surface area contributed by atoms with Crippen LogP contribution in [0.5, 0.6) is 0 Å². The Labute approximate surface area is 155 Å². The van der Waals surface area contributed by atoms with Gasteiger partial charge in [-0.3, -0.25) is 9.59 Å². The summed E-state index contributed by atoms with van der Waals surface area (Å²) in [7, 11) is 2.07. The van der Waals surface area contributed by atoms with E-state index in [1.807, 2.05) is 36.1 Å². The Bertz CT molecular complexity index is 861. The van der Waals surface area contributed by atoms with Gasteiger partial charge in [-0.1, -0.05) is 31.5 Å². The van der Waals surface area contributed by atoms with Crippen molar-refractivity contribution in [1.82, 2.24) is 14.4 Å². The molecule has 1 aromatic heterocycles. The minimum atomic E-state index is -0.0515. The van der Waals surface area contributed by atoms with Crippen molar-refractivity contribution in [3.63, 3.8) is 0 Å². The van der Waals surface area contributed by atoms with Crippen LogP contribution in [0.15, 0.2) is 29.1 Å². The van der Waals surface area contributed by atoms with E-state index in [4.69, 9.17) is 0 Å². The lowest BCUT2D eigenvalue weighted by Crippen LogP contribution is -2.48. The molecule has 0 aliphatic carbocycles. The van der Waals surface area contributed by atoms with Crippen LogP contribution in [0.2, 0.25) is 0 Å². The van der Waals surface area contributed by atoms with Crippen molar-refractivity contribution < 1.29 is 4.79 Å². The molecule has 140 valence electrons. The maximum Gasteiger partial charge on any atom is 0.270 e. The molecule has 5 heteroatoms. The minimum Gasteiger partial charge on any atom is -0.335 e. The number of hydrogen-bond acceptors (Lipinski definition) is 3. The van der Waals surface area contributed by atoms with E-state index in [2.05, 4.69) is 25.8 Å². The highest BCUT2D eigenvalue weighted by Crippen LogP contribution is 2.17. The number of aromatic nitrogens is 1.